The fourth-order valence-electron chi connectivity index (χ4n) is 1.58. The molecule has 0 fully saturated rings. The summed E-state index contributed by atoms with van der Waals surface area (Å²) < 4.78 is 0. The van der Waals surface area contributed by atoms with E-state index < -0.39 is 0 Å². The van der Waals surface area contributed by atoms with Crippen LogP contribution >= 0.6 is 0 Å². The van der Waals surface area contributed by atoms with Gasteiger partial charge in [0, 0.05) is 11.6 Å². The Morgan fingerprint density at radius 1 is 1.50 bits per heavy atom. The SMILES string of the molecule is C\C=C/C=C\C(C)=C(\N)C1C=C(O)C=CC1. The van der Waals surface area contributed by atoms with Crippen LogP contribution in [-0.4, -0.2) is 5.11 Å². The molecule has 0 aromatic rings. The van der Waals surface area contributed by atoms with E-state index in [1.54, 1.807) is 12.2 Å². The summed E-state index contributed by atoms with van der Waals surface area (Å²) in [7, 11) is 0. The van der Waals surface area contributed by atoms with Gasteiger partial charge in [-0.3, -0.25) is 0 Å². The molecule has 3 N–H and O–H groups in total. The van der Waals surface area contributed by atoms with Gasteiger partial charge < -0.3 is 10.8 Å². The van der Waals surface area contributed by atoms with Crippen LogP contribution in [-0.2, 0) is 0 Å². The van der Waals surface area contributed by atoms with Crippen molar-refractivity contribution in [3.05, 3.63) is 59.6 Å². The molecule has 1 atom stereocenters. The fourth-order valence-corrected chi connectivity index (χ4v) is 1.58. The fraction of sp³-hybridized carbons (Fsp3) is 0.286. The highest BCUT2D eigenvalue weighted by molar-refractivity contribution is 5.31. The quantitative estimate of drug-likeness (QED) is 0.712. The Morgan fingerprint density at radius 3 is 2.88 bits per heavy atom. The van der Waals surface area contributed by atoms with Gasteiger partial charge in [0.2, 0.25) is 0 Å². The highest BCUT2D eigenvalue weighted by Gasteiger charge is 2.12. The Kier molecular flexibility index (Phi) is 4.65. The van der Waals surface area contributed by atoms with Gasteiger partial charge in [0.25, 0.3) is 0 Å². The van der Waals surface area contributed by atoms with Crippen LogP contribution in [0.2, 0.25) is 0 Å². The molecule has 0 spiro atoms. The lowest BCUT2D eigenvalue weighted by Gasteiger charge is -2.16. The number of rotatable bonds is 3. The normalized spacial score (nSPS) is 22.6. The third-order valence-corrected chi connectivity index (χ3v) is 2.56. The molecule has 86 valence electrons. The van der Waals surface area contributed by atoms with Gasteiger partial charge in [-0.1, -0.05) is 30.4 Å². The molecule has 1 aliphatic rings. The molecule has 2 heteroatoms. The molecule has 1 rings (SSSR count). The van der Waals surface area contributed by atoms with Gasteiger partial charge in [-0.15, -0.1) is 0 Å². The van der Waals surface area contributed by atoms with Crippen molar-refractivity contribution >= 4 is 0 Å². The number of allylic oxidation sites excluding steroid dienone is 8. The van der Waals surface area contributed by atoms with Crippen molar-refractivity contribution in [1.82, 2.24) is 0 Å². The number of aliphatic hydroxyl groups excluding tert-OH is 1. The lowest BCUT2D eigenvalue weighted by atomic mass is 9.94. The van der Waals surface area contributed by atoms with Crippen molar-refractivity contribution in [3.63, 3.8) is 0 Å². The Hall–Kier alpha value is -1.70. The predicted octanol–water partition coefficient (Wildman–Crippen LogP) is 3.37. The monoisotopic (exact) mass is 217 g/mol. The Bertz CT molecular complexity index is 384. The maximum absolute atomic E-state index is 9.39. The van der Waals surface area contributed by atoms with Crippen molar-refractivity contribution in [2.75, 3.05) is 0 Å². The van der Waals surface area contributed by atoms with E-state index in [9.17, 15) is 5.11 Å². The number of aliphatic hydroxyl groups is 1. The third kappa shape index (κ3) is 3.46. The Balaban J connectivity index is 2.79. The van der Waals surface area contributed by atoms with Crippen LogP contribution in [0.1, 0.15) is 20.3 Å². The molecule has 16 heavy (non-hydrogen) atoms. The van der Waals surface area contributed by atoms with E-state index in [1.807, 2.05) is 44.2 Å². The molecule has 0 saturated heterocycles. The maximum atomic E-state index is 9.39. The number of hydrogen-bond donors (Lipinski definition) is 2. The first-order valence-electron chi connectivity index (χ1n) is 5.48. The van der Waals surface area contributed by atoms with Crippen molar-refractivity contribution < 1.29 is 5.11 Å². The summed E-state index contributed by atoms with van der Waals surface area (Å²) in [5, 5.41) is 9.39. The molecule has 1 unspecified atom stereocenters. The molecule has 2 nitrogen and oxygen atoms in total. The Morgan fingerprint density at radius 2 is 2.25 bits per heavy atom. The highest BCUT2D eigenvalue weighted by atomic mass is 16.3. The van der Waals surface area contributed by atoms with Gasteiger partial charge in [0.05, 0.1) is 0 Å². The van der Waals surface area contributed by atoms with Gasteiger partial charge in [-0.25, -0.2) is 0 Å². The van der Waals surface area contributed by atoms with Crippen LogP contribution in [0, 0.1) is 5.92 Å². The highest BCUT2D eigenvalue weighted by Crippen LogP contribution is 2.22. The first kappa shape index (κ1) is 12.4. The van der Waals surface area contributed by atoms with E-state index in [0.717, 1.165) is 17.7 Å². The van der Waals surface area contributed by atoms with Crippen LogP contribution in [0.5, 0.6) is 0 Å². The van der Waals surface area contributed by atoms with E-state index in [2.05, 4.69) is 0 Å². The summed E-state index contributed by atoms with van der Waals surface area (Å²) in [5.74, 6) is 0.407. The van der Waals surface area contributed by atoms with Gasteiger partial charge in [-0.05, 0) is 38.0 Å². The Labute approximate surface area is 97.2 Å². The lowest BCUT2D eigenvalue weighted by Crippen LogP contribution is -2.13. The van der Waals surface area contributed by atoms with Crippen LogP contribution in [0.15, 0.2) is 59.6 Å². The van der Waals surface area contributed by atoms with E-state index in [4.69, 9.17) is 5.73 Å². The zero-order valence-electron chi connectivity index (χ0n) is 9.85. The second kappa shape index (κ2) is 6.01. The minimum Gasteiger partial charge on any atom is -0.508 e. The summed E-state index contributed by atoms with van der Waals surface area (Å²) in [6.07, 6.45) is 14.2. The smallest absolute Gasteiger partial charge is 0.111 e. The summed E-state index contributed by atoms with van der Waals surface area (Å²) in [5.41, 5.74) is 7.91. The summed E-state index contributed by atoms with van der Waals surface area (Å²) in [6.45, 7) is 3.96. The molecule has 0 amide bonds. The standard InChI is InChI=1S/C14H19NO/c1-3-4-5-7-11(2)14(15)12-8-6-9-13(16)10-12/h3-7,9-10,12,16H,8,15H2,1-2H3/b4-3-,7-5-,14-11+. The molecule has 0 aromatic carbocycles. The molecular weight excluding hydrogens is 198 g/mol. The minimum absolute atomic E-state index is 0.111. The van der Waals surface area contributed by atoms with Crippen LogP contribution in [0.4, 0.5) is 0 Å². The number of hydrogen-bond acceptors (Lipinski definition) is 2. The van der Waals surface area contributed by atoms with E-state index in [0.29, 0.717) is 5.76 Å². The van der Waals surface area contributed by atoms with Crippen LogP contribution in [0.3, 0.4) is 0 Å². The minimum atomic E-state index is 0.111. The predicted molar refractivity (Wildman–Crippen MR) is 68.8 cm³/mol. The van der Waals surface area contributed by atoms with E-state index >= 15 is 0 Å². The molecule has 0 aliphatic heterocycles. The van der Waals surface area contributed by atoms with Crippen molar-refractivity contribution in [3.8, 4) is 0 Å². The van der Waals surface area contributed by atoms with Gasteiger partial charge in [0.1, 0.15) is 5.76 Å². The second-order valence-corrected chi connectivity index (χ2v) is 3.86. The maximum Gasteiger partial charge on any atom is 0.111 e. The molecule has 0 radical (unpaired) electrons. The van der Waals surface area contributed by atoms with Crippen LogP contribution < -0.4 is 5.73 Å². The zero-order chi connectivity index (χ0) is 12.0. The summed E-state index contributed by atoms with van der Waals surface area (Å²) >= 11 is 0. The molecular formula is C14H19NO. The topological polar surface area (TPSA) is 46.2 Å². The van der Waals surface area contributed by atoms with Gasteiger partial charge >= 0.3 is 0 Å². The molecule has 1 aliphatic carbocycles. The van der Waals surface area contributed by atoms with Crippen molar-refractivity contribution in [2.45, 2.75) is 20.3 Å². The van der Waals surface area contributed by atoms with Gasteiger partial charge in [-0.2, -0.15) is 0 Å². The van der Waals surface area contributed by atoms with Gasteiger partial charge in [0.15, 0.2) is 0 Å². The zero-order valence-corrected chi connectivity index (χ0v) is 9.85. The summed E-state index contributed by atoms with van der Waals surface area (Å²) in [6, 6.07) is 0. The largest absolute Gasteiger partial charge is 0.508 e. The lowest BCUT2D eigenvalue weighted by molar-refractivity contribution is 0.421. The first-order chi connectivity index (χ1) is 7.65. The van der Waals surface area contributed by atoms with Crippen molar-refractivity contribution in [1.29, 1.82) is 0 Å². The average Bonchev–Trinajstić information content (AvgIpc) is 2.28. The number of nitrogens with two attached hydrogens (primary N) is 1. The molecule has 0 aromatic heterocycles. The van der Waals surface area contributed by atoms with E-state index in [1.165, 1.54) is 0 Å². The molecule has 0 saturated carbocycles. The molecule has 0 bridgehead atoms. The van der Waals surface area contributed by atoms with E-state index in [-0.39, 0.29) is 5.92 Å². The van der Waals surface area contributed by atoms with Crippen molar-refractivity contribution in [2.24, 2.45) is 11.7 Å². The first-order valence-corrected chi connectivity index (χ1v) is 5.48. The summed E-state index contributed by atoms with van der Waals surface area (Å²) in [4.78, 5) is 0. The average molecular weight is 217 g/mol. The third-order valence-electron chi connectivity index (χ3n) is 2.56. The second-order valence-electron chi connectivity index (χ2n) is 3.86. The van der Waals surface area contributed by atoms with Crippen LogP contribution in [0.25, 0.3) is 0 Å². The molecule has 0 heterocycles.